The van der Waals surface area contributed by atoms with Crippen LogP contribution < -0.4 is 5.32 Å². The van der Waals surface area contributed by atoms with Crippen molar-refractivity contribution in [1.29, 1.82) is 0 Å². The number of hydrogen-bond donors (Lipinski definition) is 1. The van der Waals surface area contributed by atoms with Gasteiger partial charge in [0.05, 0.1) is 0 Å². The zero-order valence-electron chi connectivity index (χ0n) is 17.4. The Morgan fingerprint density at radius 1 is 1.04 bits per heavy atom. The third kappa shape index (κ3) is 6.35. The molecule has 0 spiro atoms. The number of carbonyl (C=O) groups excluding carboxylic acids is 2. The van der Waals surface area contributed by atoms with Crippen molar-refractivity contribution >= 4 is 11.8 Å². The number of nitrogens with zero attached hydrogens (tertiary/aromatic N) is 1. The molecule has 154 valence electrons. The van der Waals surface area contributed by atoms with Crippen LogP contribution in [0.1, 0.15) is 70.3 Å². The first-order valence-corrected chi connectivity index (χ1v) is 11.2. The van der Waals surface area contributed by atoms with Crippen LogP contribution in [0.5, 0.6) is 0 Å². The van der Waals surface area contributed by atoms with Gasteiger partial charge in [0, 0.05) is 31.5 Å². The van der Waals surface area contributed by atoms with Crippen molar-refractivity contribution in [2.75, 3.05) is 13.1 Å². The molecule has 2 aliphatic rings. The van der Waals surface area contributed by atoms with E-state index in [1.54, 1.807) is 0 Å². The molecule has 4 heteroatoms. The third-order valence-corrected chi connectivity index (χ3v) is 6.46. The van der Waals surface area contributed by atoms with Gasteiger partial charge in [0.15, 0.2) is 0 Å². The lowest BCUT2D eigenvalue weighted by Gasteiger charge is -2.34. The van der Waals surface area contributed by atoms with Gasteiger partial charge in [0.1, 0.15) is 0 Å². The molecule has 1 aliphatic carbocycles. The Hall–Kier alpha value is -1.84. The van der Waals surface area contributed by atoms with Crippen LogP contribution in [-0.4, -0.2) is 35.8 Å². The Kier molecular flexibility index (Phi) is 7.93. The predicted octanol–water partition coefficient (Wildman–Crippen LogP) is 4.33. The van der Waals surface area contributed by atoms with E-state index in [4.69, 9.17) is 0 Å². The Bertz CT molecular complexity index is 617. The number of likely N-dealkylation sites (tertiary alicyclic amines) is 1. The lowest BCUT2D eigenvalue weighted by molar-refractivity contribution is -0.133. The van der Waals surface area contributed by atoms with E-state index < -0.39 is 0 Å². The second kappa shape index (κ2) is 10.6. The van der Waals surface area contributed by atoms with Gasteiger partial charge in [0.25, 0.3) is 0 Å². The highest BCUT2D eigenvalue weighted by molar-refractivity contribution is 5.79. The molecule has 0 radical (unpaired) electrons. The van der Waals surface area contributed by atoms with Crippen LogP contribution >= 0.6 is 0 Å². The number of rotatable bonds is 7. The van der Waals surface area contributed by atoms with Gasteiger partial charge in [-0.25, -0.2) is 0 Å². The Morgan fingerprint density at radius 3 is 2.39 bits per heavy atom. The summed E-state index contributed by atoms with van der Waals surface area (Å²) in [5.41, 5.74) is 1.34. The second-order valence-corrected chi connectivity index (χ2v) is 8.83. The van der Waals surface area contributed by atoms with E-state index in [1.165, 1.54) is 24.8 Å². The molecule has 1 saturated carbocycles. The maximum atomic E-state index is 12.6. The predicted molar refractivity (Wildman–Crippen MR) is 113 cm³/mol. The maximum absolute atomic E-state index is 12.6. The molecule has 2 fully saturated rings. The molecule has 1 heterocycles. The van der Waals surface area contributed by atoms with Crippen molar-refractivity contribution in [3.63, 3.8) is 0 Å². The standard InChI is InChI=1S/C24H36N2O2/c1-19(12-13-20-8-4-2-5-9-20)18-23(27)26-16-14-22(15-17-26)25-24(28)21-10-6-3-7-11-21/h2,4-5,8-9,19,21-22H,3,6-7,10-18H2,1H3,(H,25,28). The fraction of sp³-hybridized carbons (Fsp3) is 0.667. The number of hydrogen-bond acceptors (Lipinski definition) is 2. The molecule has 1 N–H and O–H groups in total. The Balaban J connectivity index is 1.34. The van der Waals surface area contributed by atoms with Gasteiger partial charge in [-0.3, -0.25) is 9.59 Å². The van der Waals surface area contributed by atoms with Gasteiger partial charge in [-0.1, -0.05) is 56.5 Å². The topological polar surface area (TPSA) is 49.4 Å². The Morgan fingerprint density at radius 2 is 1.71 bits per heavy atom. The summed E-state index contributed by atoms with van der Waals surface area (Å²) in [5, 5.41) is 3.25. The van der Waals surface area contributed by atoms with Crippen LogP contribution in [0.15, 0.2) is 30.3 Å². The number of benzene rings is 1. The number of piperidine rings is 1. The molecule has 2 amide bonds. The normalized spacial score (nSPS) is 20.0. The van der Waals surface area contributed by atoms with Crippen LogP contribution in [0.2, 0.25) is 0 Å². The summed E-state index contributed by atoms with van der Waals surface area (Å²) in [5.74, 6) is 1.15. The zero-order chi connectivity index (χ0) is 19.8. The summed E-state index contributed by atoms with van der Waals surface area (Å²) in [6.45, 7) is 3.73. The summed E-state index contributed by atoms with van der Waals surface area (Å²) in [7, 11) is 0. The molecule has 3 rings (SSSR count). The van der Waals surface area contributed by atoms with Crippen LogP contribution in [-0.2, 0) is 16.0 Å². The van der Waals surface area contributed by atoms with E-state index in [2.05, 4.69) is 36.5 Å². The highest BCUT2D eigenvalue weighted by Crippen LogP contribution is 2.24. The molecule has 1 atom stereocenters. The van der Waals surface area contributed by atoms with Gasteiger partial charge < -0.3 is 10.2 Å². The molecule has 1 aromatic rings. The minimum atomic E-state index is 0.221. The molecule has 1 unspecified atom stereocenters. The lowest BCUT2D eigenvalue weighted by atomic mass is 9.88. The first-order chi connectivity index (χ1) is 13.6. The number of aryl methyl sites for hydroxylation is 1. The summed E-state index contributed by atoms with van der Waals surface area (Å²) >= 11 is 0. The SMILES string of the molecule is CC(CCc1ccccc1)CC(=O)N1CCC(NC(=O)C2CCCCC2)CC1. The number of carbonyl (C=O) groups is 2. The highest BCUT2D eigenvalue weighted by atomic mass is 16.2. The highest BCUT2D eigenvalue weighted by Gasteiger charge is 2.27. The smallest absolute Gasteiger partial charge is 0.223 e. The molecule has 1 saturated heterocycles. The molecular weight excluding hydrogens is 348 g/mol. The summed E-state index contributed by atoms with van der Waals surface area (Å²) < 4.78 is 0. The van der Waals surface area contributed by atoms with Crippen molar-refractivity contribution in [1.82, 2.24) is 10.2 Å². The fourth-order valence-corrected chi connectivity index (χ4v) is 4.54. The monoisotopic (exact) mass is 384 g/mol. The third-order valence-electron chi connectivity index (χ3n) is 6.46. The van der Waals surface area contributed by atoms with E-state index in [1.807, 2.05) is 11.0 Å². The zero-order valence-corrected chi connectivity index (χ0v) is 17.4. The van der Waals surface area contributed by atoms with E-state index in [-0.39, 0.29) is 23.8 Å². The quantitative estimate of drug-likeness (QED) is 0.760. The maximum Gasteiger partial charge on any atom is 0.223 e. The van der Waals surface area contributed by atoms with Crippen LogP contribution in [0.25, 0.3) is 0 Å². The van der Waals surface area contributed by atoms with E-state index in [0.717, 1.165) is 51.6 Å². The molecule has 4 nitrogen and oxygen atoms in total. The molecular formula is C24H36N2O2. The first-order valence-electron chi connectivity index (χ1n) is 11.2. The van der Waals surface area contributed by atoms with Gasteiger partial charge >= 0.3 is 0 Å². The van der Waals surface area contributed by atoms with Crippen LogP contribution in [0.3, 0.4) is 0 Å². The molecule has 0 aromatic heterocycles. The average Bonchev–Trinajstić information content (AvgIpc) is 2.74. The van der Waals surface area contributed by atoms with Gasteiger partial charge in [-0.05, 0) is 50.0 Å². The van der Waals surface area contributed by atoms with E-state index in [9.17, 15) is 9.59 Å². The average molecular weight is 385 g/mol. The molecule has 28 heavy (non-hydrogen) atoms. The largest absolute Gasteiger partial charge is 0.353 e. The minimum Gasteiger partial charge on any atom is -0.353 e. The summed E-state index contributed by atoms with van der Waals surface area (Å²) in [6.07, 6.45) is 10.2. The van der Waals surface area contributed by atoms with Crippen LogP contribution in [0, 0.1) is 11.8 Å². The Labute approximate surface area is 170 Å². The van der Waals surface area contributed by atoms with Gasteiger partial charge in [-0.2, -0.15) is 0 Å². The molecule has 1 aliphatic heterocycles. The van der Waals surface area contributed by atoms with E-state index in [0.29, 0.717) is 12.3 Å². The van der Waals surface area contributed by atoms with E-state index >= 15 is 0 Å². The summed E-state index contributed by atoms with van der Waals surface area (Å²) in [4.78, 5) is 27.1. The van der Waals surface area contributed by atoms with Crippen molar-refractivity contribution in [2.24, 2.45) is 11.8 Å². The lowest BCUT2D eigenvalue weighted by Crippen LogP contribution is -2.48. The van der Waals surface area contributed by atoms with Gasteiger partial charge in [-0.15, -0.1) is 0 Å². The summed E-state index contributed by atoms with van der Waals surface area (Å²) in [6, 6.07) is 10.7. The van der Waals surface area contributed by atoms with Crippen molar-refractivity contribution in [3.05, 3.63) is 35.9 Å². The number of amides is 2. The second-order valence-electron chi connectivity index (χ2n) is 8.83. The molecule has 0 bridgehead atoms. The van der Waals surface area contributed by atoms with Crippen molar-refractivity contribution in [3.8, 4) is 0 Å². The van der Waals surface area contributed by atoms with Crippen molar-refractivity contribution in [2.45, 2.75) is 77.2 Å². The minimum absolute atomic E-state index is 0.221. The first kappa shape index (κ1) is 20.9. The fourth-order valence-electron chi connectivity index (χ4n) is 4.54. The number of nitrogens with one attached hydrogen (secondary N) is 1. The molecule has 1 aromatic carbocycles. The van der Waals surface area contributed by atoms with Crippen LogP contribution in [0.4, 0.5) is 0 Å². The van der Waals surface area contributed by atoms with Gasteiger partial charge in [0.2, 0.25) is 11.8 Å². The van der Waals surface area contributed by atoms with Crippen molar-refractivity contribution < 1.29 is 9.59 Å².